The molecular formula is C13H20ClN3O3S. The number of halogens is 1. The molecule has 118 valence electrons. The van der Waals surface area contributed by atoms with Crippen molar-refractivity contribution in [1.29, 1.82) is 0 Å². The minimum atomic E-state index is -0.422. The van der Waals surface area contributed by atoms with Gasteiger partial charge in [-0.25, -0.2) is 4.79 Å². The van der Waals surface area contributed by atoms with Gasteiger partial charge in [0.05, 0.1) is 19.3 Å². The van der Waals surface area contributed by atoms with Gasteiger partial charge in [-0.2, -0.15) is 0 Å². The van der Waals surface area contributed by atoms with Gasteiger partial charge < -0.3 is 15.4 Å². The highest BCUT2D eigenvalue weighted by molar-refractivity contribution is 7.12. The Hall–Kier alpha value is -1.15. The van der Waals surface area contributed by atoms with Gasteiger partial charge >= 0.3 is 5.97 Å². The molecule has 1 saturated heterocycles. The molecule has 1 aromatic heterocycles. The number of nitrogens with zero attached hydrogens (tertiary/aromatic N) is 1. The molecule has 0 saturated carbocycles. The highest BCUT2D eigenvalue weighted by Crippen LogP contribution is 2.23. The van der Waals surface area contributed by atoms with Gasteiger partial charge in [-0.1, -0.05) is 0 Å². The summed E-state index contributed by atoms with van der Waals surface area (Å²) >= 11 is 1.26. The number of methoxy groups -OCH3 is 1. The second-order valence-electron chi connectivity index (χ2n) is 4.58. The lowest BCUT2D eigenvalue weighted by atomic mass is 10.3. The van der Waals surface area contributed by atoms with E-state index in [1.165, 1.54) is 18.4 Å². The molecule has 2 heterocycles. The van der Waals surface area contributed by atoms with Gasteiger partial charge in [0.15, 0.2) is 0 Å². The van der Waals surface area contributed by atoms with Gasteiger partial charge in [0, 0.05) is 13.1 Å². The van der Waals surface area contributed by atoms with E-state index < -0.39 is 5.97 Å². The van der Waals surface area contributed by atoms with E-state index in [1.807, 2.05) is 0 Å². The first kappa shape index (κ1) is 17.9. The molecule has 6 nitrogen and oxygen atoms in total. The van der Waals surface area contributed by atoms with Crippen molar-refractivity contribution < 1.29 is 14.3 Å². The molecule has 0 unspecified atom stereocenters. The van der Waals surface area contributed by atoms with Crippen LogP contribution >= 0.6 is 23.7 Å². The van der Waals surface area contributed by atoms with Crippen molar-refractivity contribution in [2.45, 2.75) is 6.42 Å². The van der Waals surface area contributed by atoms with Crippen LogP contribution in [-0.2, 0) is 9.53 Å². The lowest BCUT2D eigenvalue weighted by molar-refractivity contribution is -0.117. The van der Waals surface area contributed by atoms with Crippen molar-refractivity contribution in [1.82, 2.24) is 10.2 Å². The molecule has 0 aromatic carbocycles. The van der Waals surface area contributed by atoms with E-state index in [9.17, 15) is 9.59 Å². The van der Waals surface area contributed by atoms with Gasteiger partial charge in [-0.15, -0.1) is 23.7 Å². The Kier molecular flexibility index (Phi) is 7.66. The molecule has 2 rings (SSSR count). The zero-order valence-electron chi connectivity index (χ0n) is 11.9. The summed E-state index contributed by atoms with van der Waals surface area (Å²) in [7, 11) is 1.33. The fourth-order valence-corrected chi connectivity index (χ4v) is 2.88. The largest absolute Gasteiger partial charge is 0.465 e. The highest BCUT2D eigenvalue weighted by Gasteiger charge is 2.17. The maximum atomic E-state index is 12.0. The predicted molar refractivity (Wildman–Crippen MR) is 85.5 cm³/mol. The predicted octanol–water partition coefficient (Wildman–Crippen LogP) is 1.19. The van der Waals surface area contributed by atoms with Crippen molar-refractivity contribution in [2.24, 2.45) is 0 Å². The summed E-state index contributed by atoms with van der Waals surface area (Å²) in [6.45, 7) is 4.02. The van der Waals surface area contributed by atoms with Crippen LogP contribution < -0.4 is 10.6 Å². The van der Waals surface area contributed by atoms with E-state index in [-0.39, 0.29) is 18.3 Å². The average molecular weight is 334 g/mol. The Balaban J connectivity index is 0.00000220. The van der Waals surface area contributed by atoms with Crippen molar-refractivity contribution in [3.05, 3.63) is 16.3 Å². The van der Waals surface area contributed by atoms with Crippen LogP contribution in [0.2, 0.25) is 0 Å². The summed E-state index contributed by atoms with van der Waals surface area (Å²) in [5, 5.41) is 7.84. The number of amides is 1. The molecule has 0 bridgehead atoms. The maximum absolute atomic E-state index is 12.0. The molecule has 0 aliphatic carbocycles. The molecule has 0 atom stereocenters. The number of thiophene rings is 1. The smallest absolute Gasteiger partial charge is 0.350 e. The van der Waals surface area contributed by atoms with E-state index in [4.69, 9.17) is 0 Å². The van der Waals surface area contributed by atoms with Crippen LogP contribution in [0.15, 0.2) is 11.4 Å². The van der Waals surface area contributed by atoms with Crippen LogP contribution in [0.25, 0.3) is 0 Å². The van der Waals surface area contributed by atoms with Crippen molar-refractivity contribution in [3.8, 4) is 0 Å². The van der Waals surface area contributed by atoms with Gasteiger partial charge in [0.2, 0.25) is 5.91 Å². The minimum Gasteiger partial charge on any atom is -0.465 e. The van der Waals surface area contributed by atoms with Crippen LogP contribution in [0.3, 0.4) is 0 Å². The quantitative estimate of drug-likeness (QED) is 0.810. The van der Waals surface area contributed by atoms with Crippen LogP contribution in [0.5, 0.6) is 0 Å². The number of hydrogen-bond acceptors (Lipinski definition) is 6. The minimum absolute atomic E-state index is 0. The van der Waals surface area contributed by atoms with E-state index in [1.54, 1.807) is 11.4 Å². The van der Waals surface area contributed by atoms with Crippen molar-refractivity contribution in [2.75, 3.05) is 45.2 Å². The Bertz CT molecular complexity index is 473. The fourth-order valence-electron chi connectivity index (χ4n) is 2.11. The number of ether oxygens (including phenoxy) is 1. The molecule has 1 aliphatic heterocycles. The molecule has 1 aliphatic rings. The first-order valence-electron chi connectivity index (χ1n) is 6.59. The molecule has 1 amide bonds. The number of carbonyl (C=O) groups is 2. The Morgan fingerprint density at radius 2 is 2.24 bits per heavy atom. The molecule has 0 radical (unpaired) electrons. The van der Waals surface area contributed by atoms with Gasteiger partial charge in [-0.3, -0.25) is 9.69 Å². The zero-order valence-corrected chi connectivity index (χ0v) is 13.5. The van der Waals surface area contributed by atoms with E-state index in [0.717, 1.165) is 32.6 Å². The second-order valence-corrected chi connectivity index (χ2v) is 5.50. The number of anilines is 1. The number of esters is 1. The van der Waals surface area contributed by atoms with Gasteiger partial charge in [-0.05, 0) is 31.0 Å². The summed E-state index contributed by atoms with van der Waals surface area (Å²) < 4.78 is 4.68. The lowest BCUT2D eigenvalue weighted by Crippen LogP contribution is -2.35. The van der Waals surface area contributed by atoms with Crippen LogP contribution in [0, 0.1) is 0 Å². The summed E-state index contributed by atoms with van der Waals surface area (Å²) in [5.41, 5.74) is 0.528. The van der Waals surface area contributed by atoms with Crippen LogP contribution in [-0.4, -0.2) is 56.6 Å². The van der Waals surface area contributed by atoms with E-state index >= 15 is 0 Å². The van der Waals surface area contributed by atoms with E-state index in [2.05, 4.69) is 20.3 Å². The third kappa shape index (κ3) is 5.28. The monoisotopic (exact) mass is 333 g/mol. The highest BCUT2D eigenvalue weighted by atomic mass is 35.5. The first-order chi connectivity index (χ1) is 9.70. The Morgan fingerprint density at radius 1 is 1.43 bits per heavy atom. The molecule has 0 spiro atoms. The molecule has 2 N–H and O–H groups in total. The summed E-state index contributed by atoms with van der Waals surface area (Å²) in [6, 6.07) is 1.72. The average Bonchev–Trinajstić information content (AvgIpc) is 2.73. The van der Waals surface area contributed by atoms with Gasteiger partial charge in [0.1, 0.15) is 4.88 Å². The SMILES string of the molecule is COC(=O)c1sccc1NC(=O)CN1CCCNCC1.Cl. The maximum Gasteiger partial charge on any atom is 0.350 e. The Labute approximate surface area is 134 Å². The third-order valence-corrected chi connectivity index (χ3v) is 4.00. The number of rotatable bonds is 4. The normalized spacial score (nSPS) is 15.7. The Morgan fingerprint density at radius 3 is 3.00 bits per heavy atom. The topological polar surface area (TPSA) is 70.7 Å². The summed E-state index contributed by atoms with van der Waals surface area (Å²) in [4.78, 5) is 26.1. The molecule has 21 heavy (non-hydrogen) atoms. The van der Waals surface area contributed by atoms with Crippen molar-refractivity contribution in [3.63, 3.8) is 0 Å². The third-order valence-electron chi connectivity index (χ3n) is 3.11. The first-order valence-corrected chi connectivity index (χ1v) is 7.47. The summed E-state index contributed by atoms with van der Waals surface area (Å²) in [5.74, 6) is -0.523. The van der Waals surface area contributed by atoms with E-state index in [0.29, 0.717) is 17.1 Å². The fraction of sp³-hybridized carbons (Fsp3) is 0.538. The van der Waals surface area contributed by atoms with Gasteiger partial charge in [0.25, 0.3) is 0 Å². The summed E-state index contributed by atoms with van der Waals surface area (Å²) in [6.07, 6.45) is 1.04. The molecule has 1 aromatic rings. The van der Waals surface area contributed by atoms with Crippen LogP contribution in [0.1, 0.15) is 16.1 Å². The number of hydrogen-bond donors (Lipinski definition) is 2. The number of carbonyl (C=O) groups excluding carboxylic acids is 2. The number of nitrogens with one attached hydrogen (secondary N) is 2. The standard InChI is InChI=1S/C13H19N3O3S.ClH/c1-19-13(18)12-10(3-8-20-12)15-11(17)9-16-6-2-4-14-5-7-16;/h3,8,14H,2,4-7,9H2,1H3,(H,15,17);1H. The zero-order chi connectivity index (χ0) is 14.4. The lowest BCUT2D eigenvalue weighted by Gasteiger charge is -2.18. The molecule has 1 fully saturated rings. The molecular weight excluding hydrogens is 314 g/mol. The van der Waals surface area contributed by atoms with Crippen molar-refractivity contribution >= 4 is 41.3 Å². The molecule has 8 heteroatoms. The second kappa shape index (κ2) is 8.99. The van der Waals surface area contributed by atoms with Crippen LogP contribution in [0.4, 0.5) is 5.69 Å².